The molecule has 0 spiro atoms. The maximum atomic E-state index is 13.2. The number of H-pyrrole nitrogens is 1. The van der Waals surface area contributed by atoms with Crippen molar-refractivity contribution in [2.45, 2.75) is 57.7 Å². The Morgan fingerprint density at radius 1 is 0.972 bits per heavy atom. The average Bonchev–Trinajstić information content (AvgIpc) is 3.14. The van der Waals surface area contributed by atoms with E-state index in [1.54, 1.807) is 27.0 Å². The van der Waals surface area contributed by atoms with E-state index in [-0.39, 0.29) is 24.7 Å². The molecule has 3 N–H and O–H groups in total. The maximum absolute atomic E-state index is 13.2. The molecule has 1 aromatic heterocycles. The molecule has 1 atom stereocenters. The second-order valence-corrected chi connectivity index (χ2v) is 9.45. The number of aromatic amines is 1. The van der Waals surface area contributed by atoms with E-state index in [0.29, 0.717) is 18.6 Å². The van der Waals surface area contributed by atoms with Gasteiger partial charge in [-0.05, 0) is 62.6 Å². The summed E-state index contributed by atoms with van der Waals surface area (Å²) in [5.74, 6) is 0. The van der Waals surface area contributed by atoms with E-state index >= 15 is 0 Å². The van der Waals surface area contributed by atoms with Gasteiger partial charge in [0.25, 0.3) is 0 Å². The first kappa shape index (κ1) is 27.4. The van der Waals surface area contributed by atoms with Crippen molar-refractivity contribution in [1.29, 1.82) is 0 Å². The lowest BCUT2D eigenvalue weighted by atomic mass is 10.0. The van der Waals surface area contributed by atoms with Gasteiger partial charge in [-0.1, -0.05) is 18.2 Å². The fourth-order valence-electron chi connectivity index (χ4n) is 3.73. The van der Waals surface area contributed by atoms with Crippen LogP contribution in [0.4, 0.5) is 31.1 Å². The lowest BCUT2D eigenvalue weighted by molar-refractivity contribution is -0.143. The van der Waals surface area contributed by atoms with Crippen LogP contribution in [0.3, 0.4) is 0 Å². The lowest BCUT2D eigenvalue weighted by Gasteiger charge is -2.24. The molecule has 0 aliphatic rings. The number of ether oxygens (including phenoxy) is 1. The maximum Gasteiger partial charge on any atom is 0.416 e. The number of nitrogens with one attached hydrogen (secondary N) is 3. The number of alkyl carbamates (subject to hydrolysis) is 1. The zero-order valence-corrected chi connectivity index (χ0v) is 19.9. The summed E-state index contributed by atoms with van der Waals surface area (Å²) >= 11 is 0. The van der Waals surface area contributed by atoms with Crippen LogP contribution in [0.1, 0.15) is 43.0 Å². The number of hydrogen-bond acceptors (Lipinski definition) is 3. The Labute approximate surface area is 204 Å². The van der Waals surface area contributed by atoms with E-state index in [1.165, 1.54) is 0 Å². The third-order valence-electron chi connectivity index (χ3n) is 5.23. The van der Waals surface area contributed by atoms with E-state index in [4.69, 9.17) is 4.74 Å². The smallest absolute Gasteiger partial charge is 0.416 e. The molecule has 0 bridgehead atoms. The second kappa shape index (κ2) is 10.4. The van der Waals surface area contributed by atoms with Crippen LogP contribution in [-0.2, 0) is 30.1 Å². The zero-order chi connectivity index (χ0) is 26.7. The molecule has 36 heavy (non-hydrogen) atoms. The SMILES string of the molecule is CC(C)(C)OC(=O)N[C@H](CNCc1cc(C(F)(F)F)cc(C(F)(F)F)c1)Cc1c[nH]c2ccccc12. The van der Waals surface area contributed by atoms with Gasteiger partial charge in [-0.2, -0.15) is 26.3 Å². The molecule has 0 radical (unpaired) electrons. The minimum Gasteiger partial charge on any atom is -0.444 e. The predicted octanol–water partition coefficient (Wildman–Crippen LogP) is 6.43. The highest BCUT2D eigenvalue weighted by Gasteiger charge is 2.36. The summed E-state index contributed by atoms with van der Waals surface area (Å²) in [7, 11) is 0. The quantitative estimate of drug-likeness (QED) is 0.318. The Bertz CT molecular complexity index is 1160. The molecule has 196 valence electrons. The first-order valence-corrected chi connectivity index (χ1v) is 11.2. The highest BCUT2D eigenvalue weighted by Crippen LogP contribution is 2.36. The van der Waals surface area contributed by atoms with Crippen molar-refractivity contribution in [1.82, 2.24) is 15.6 Å². The summed E-state index contributed by atoms with van der Waals surface area (Å²) in [6.07, 6.45) is -8.41. The number of aromatic nitrogens is 1. The minimum absolute atomic E-state index is 0.0658. The first-order chi connectivity index (χ1) is 16.6. The van der Waals surface area contributed by atoms with Crippen LogP contribution < -0.4 is 10.6 Å². The van der Waals surface area contributed by atoms with Gasteiger partial charge in [0.05, 0.1) is 11.1 Å². The van der Waals surface area contributed by atoms with Gasteiger partial charge >= 0.3 is 18.4 Å². The summed E-state index contributed by atoms with van der Waals surface area (Å²) in [5, 5.41) is 6.54. The minimum atomic E-state index is -4.92. The molecule has 3 aromatic rings. The monoisotopic (exact) mass is 515 g/mol. The van der Waals surface area contributed by atoms with E-state index in [1.807, 2.05) is 24.3 Å². The Morgan fingerprint density at radius 2 is 1.58 bits per heavy atom. The second-order valence-electron chi connectivity index (χ2n) is 9.45. The fraction of sp³-hybridized carbons (Fsp3) is 0.400. The van der Waals surface area contributed by atoms with Crippen LogP contribution in [0.2, 0.25) is 0 Å². The summed E-state index contributed by atoms with van der Waals surface area (Å²) in [6.45, 7) is 4.89. The van der Waals surface area contributed by atoms with Crippen LogP contribution in [0.25, 0.3) is 10.9 Å². The summed E-state index contributed by atoms with van der Waals surface area (Å²) in [6, 6.07) is 8.40. The standard InChI is InChI=1S/C25H27F6N3O2/c1-23(2,3)36-22(35)34-19(10-16-13-33-21-7-5-4-6-20(16)21)14-32-12-15-8-17(24(26,27)28)11-18(9-15)25(29,30)31/h4-9,11,13,19,32-33H,10,12,14H2,1-3H3,(H,34,35)/t19-/m0/s1. The average molecular weight is 515 g/mol. The van der Waals surface area contributed by atoms with Crippen LogP contribution in [0.15, 0.2) is 48.7 Å². The summed E-state index contributed by atoms with van der Waals surface area (Å²) in [5.41, 5.74) is -1.92. The topological polar surface area (TPSA) is 66.2 Å². The van der Waals surface area contributed by atoms with Crippen LogP contribution in [-0.4, -0.2) is 29.3 Å². The Balaban J connectivity index is 1.77. The van der Waals surface area contributed by atoms with Gasteiger partial charge in [-0.25, -0.2) is 4.79 Å². The molecular formula is C25H27F6N3O2. The van der Waals surface area contributed by atoms with Gasteiger partial charge in [0.1, 0.15) is 5.60 Å². The van der Waals surface area contributed by atoms with Gasteiger partial charge < -0.3 is 20.4 Å². The number of alkyl halides is 6. The predicted molar refractivity (Wildman–Crippen MR) is 123 cm³/mol. The van der Waals surface area contributed by atoms with Crippen LogP contribution >= 0.6 is 0 Å². The largest absolute Gasteiger partial charge is 0.444 e. The van der Waals surface area contributed by atoms with Gasteiger partial charge in [0.15, 0.2) is 0 Å². The molecule has 3 rings (SSSR count). The van der Waals surface area contributed by atoms with Crippen molar-refractivity contribution in [3.05, 3.63) is 70.9 Å². The highest BCUT2D eigenvalue weighted by atomic mass is 19.4. The van der Waals surface area contributed by atoms with Crippen LogP contribution in [0.5, 0.6) is 0 Å². The molecule has 5 nitrogen and oxygen atoms in total. The normalized spacial score (nSPS) is 13.6. The molecule has 1 amide bonds. The first-order valence-electron chi connectivity index (χ1n) is 11.2. The number of para-hydroxylation sites is 1. The summed E-state index contributed by atoms with van der Waals surface area (Å²) < 4.78 is 84.2. The molecule has 0 saturated heterocycles. The van der Waals surface area contributed by atoms with Gasteiger partial charge in [0, 0.05) is 36.2 Å². The van der Waals surface area contributed by atoms with Gasteiger partial charge in [-0.15, -0.1) is 0 Å². The van der Waals surface area contributed by atoms with Crippen molar-refractivity contribution < 1.29 is 35.9 Å². The number of carbonyl (C=O) groups excluding carboxylic acids is 1. The van der Waals surface area contributed by atoms with E-state index in [9.17, 15) is 31.1 Å². The Kier molecular flexibility index (Phi) is 7.92. The molecule has 2 aromatic carbocycles. The zero-order valence-electron chi connectivity index (χ0n) is 19.9. The molecule has 11 heteroatoms. The number of benzene rings is 2. The van der Waals surface area contributed by atoms with Crippen molar-refractivity contribution in [3.8, 4) is 0 Å². The number of rotatable bonds is 7. The molecule has 0 aliphatic heterocycles. The third kappa shape index (κ3) is 7.64. The van der Waals surface area contributed by atoms with Crippen LogP contribution in [0, 0.1) is 0 Å². The number of hydrogen-bond donors (Lipinski definition) is 3. The number of fused-ring (bicyclic) bond motifs is 1. The Hall–Kier alpha value is -3.21. The molecule has 0 aliphatic carbocycles. The van der Waals surface area contributed by atoms with E-state index in [2.05, 4.69) is 15.6 Å². The Morgan fingerprint density at radius 3 is 2.17 bits per heavy atom. The highest BCUT2D eigenvalue weighted by molar-refractivity contribution is 5.83. The van der Waals surface area contributed by atoms with Crippen molar-refractivity contribution in [3.63, 3.8) is 0 Å². The molecular weight excluding hydrogens is 488 g/mol. The number of carbonyl (C=O) groups is 1. The molecule has 0 saturated carbocycles. The van der Waals surface area contributed by atoms with Gasteiger partial charge in [0.2, 0.25) is 0 Å². The summed E-state index contributed by atoms with van der Waals surface area (Å²) in [4.78, 5) is 15.5. The lowest BCUT2D eigenvalue weighted by Crippen LogP contribution is -2.45. The van der Waals surface area contributed by atoms with Crippen molar-refractivity contribution in [2.75, 3.05) is 6.54 Å². The molecule has 0 unspecified atom stereocenters. The van der Waals surface area contributed by atoms with E-state index < -0.39 is 41.2 Å². The third-order valence-corrected chi connectivity index (χ3v) is 5.23. The van der Waals surface area contributed by atoms with E-state index in [0.717, 1.165) is 16.5 Å². The van der Waals surface area contributed by atoms with Crippen molar-refractivity contribution in [2.24, 2.45) is 0 Å². The number of amides is 1. The number of halogens is 6. The van der Waals surface area contributed by atoms with Gasteiger partial charge in [-0.3, -0.25) is 0 Å². The fourth-order valence-corrected chi connectivity index (χ4v) is 3.73. The van der Waals surface area contributed by atoms with Crippen molar-refractivity contribution >= 4 is 17.0 Å². The molecule has 0 fully saturated rings. The molecule has 1 heterocycles.